The molecular weight excluding hydrogens is 312 g/mol. The molecule has 4 nitrogen and oxygen atoms in total. The van der Waals surface area contributed by atoms with E-state index >= 15 is 0 Å². The molecule has 0 unspecified atom stereocenters. The van der Waals surface area contributed by atoms with E-state index in [9.17, 15) is 13.6 Å². The topological polar surface area (TPSA) is 46.9 Å². The van der Waals surface area contributed by atoms with E-state index in [0.29, 0.717) is 25.2 Å². The molecule has 1 aliphatic carbocycles. The molecule has 1 heterocycles. The summed E-state index contributed by atoms with van der Waals surface area (Å²) in [5.74, 6) is 0.208. The van der Waals surface area contributed by atoms with Gasteiger partial charge in [0, 0.05) is 18.7 Å². The van der Waals surface area contributed by atoms with E-state index in [-0.39, 0.29) is 12.3 Å². The Hall–Kier alpha value is -1.46. The Morgan fingerprint density at radius 2 is 1.92 bits per heavy atom. The van der Waals surface area contributed by atoms with Gasteiger partial charge in [0.2, 0.25) is 5.91 Å². The van der Waals surface area contributed by atoms with Crippen LogP contribution in [0.1, 0.15) is 62.9 Å². The molecule has 0 atom stereocenters. The standard InChI is InChI=1S/C18H29F2N3O/c1-12(2)11-23-14(4)15(13(3)22-23)7-8-16(24)21-18(17(19)20)9-5-6-10-18/h12,17H,5-11H2,1-4H3,(H,21,24). The van der Waals surface area contributed by atoms with Crippen molar-refractivity contribution in [3.63, 3.8) is 0 Å². The second-order valence-corrected chi connectivity index (χ2v) is 7.44. The van der Waals surface area contributed by atoms with Crippen LogP contribution in [-0.2, 0) is 17.8 Å². The van der Waals surface area contributed by atoms with Crippen LogP contribution >= 0.6 is 0 Å². The predicted molar refractivity (Wildman–Crippen MR) is 90.2 cm³/mol. The van der Waals surface area contributed by atoms with Crippen LogP contribution in [0.15, 0.2) is 0 Å². The van der Waals surface area contributed by atoms with E-state index in [4.69, 9.17) is 0 Å². The highest BCUT2D eigenvalue weighted by atomic mass is 19.3. The van der Waals surface area contributed by atoms with Crippen LogP contribution in [0.2, 0.25) is 0 Å². The first kappa shape index (κ1) is 18.9. The van der Waals surface area contributed by atoms with Gasteiger partial charge in [0.15, 0.2) is 0 Å². The highest BCUT2D eigenvalue weighted by Gasteiger charge is 2.43. The Morgan fingerprint density at radius 1 is 1.29 bits per heavy atom. The van der Waals surface area contributed by atoms with Crippen LogP contribution in [0.4, 0.5) is 8.78 Å². The molecule has 0 spiro atoms. The van der Waals surface area contributed by atoms with Crippen molar-refractivity contribution in [1.82, 2.24) is 15.1 Å². The fraction of sp³-hybridized carbons (Fsp3) is 0.778. The Morgan fingerprint density at radius 3 is 2.46 bits per heavy atom. The number of nitrogens with zero attached hydrogens (tertiary/aromatic N) is 2. The molecule has 0 aliphatic heterocycles. The third-order valence-electron chi connectivity index (χ3n) is 4.97. The van der Waals surface area contributed by atoms with E-state index < -0.39 is 12.0 Å². The lowest BCUT2D eigenvalue weighted by atomic mass is 9.97. The van der Waals surface area contributed by atoms with Gasteiger partial charge in [0.05, 0.1) is 5.69 Å². The number of hydrogen-bond donors (Lipinski definition) is 1. The van der Waals surface area contributed by atoms with Crippen molar-refractivity contribution in [2.24, 2.45) is 5.92 Å². The van der Waals surface area contributed by atoms with Crippen molar-refractivity contribution in [2.75, 3.05) is 0 Å². The minimum absolute atomic E-state index is 0.226. The summed E-state index contributed by atoms with van der Waals surface area (Å²) in [4.78, 5) is 12.2. The molecule has 0 radical (unpaired) electrons. The molecule has 2 rings (SSSR count). The number of aromatic nitrogens is 2. The molecule has 1 fully saturated rings. The van der Waals surface area contributed by atoms with Gasteiger partial charge in [-0.1, -0.05) is 26.7 Å². The Bertz CT molecular complexity index is 575. The first-order valence-corrected chi connectivity index (χ1v) is 8.87. The number of nitrogens with one attached hydrogen (secondary N) is 1. The molecule has 0 saturated heterocycles. The largest absolute Gasteiger partial charge is 0.345 e. The maximum Gasteiger partial charge on any atom is 0.261 e. The molecule has 1 aromatic rings. The van der Waals surface area contributed by atoms with Crippen LogP contribution in [0.25, 0.3) is 0 Å². The molecule has 1 amide bonds. The SMILES string of the molecule is Cc1nn(CC(C)C)c(C)c1CCC(=O)NC1(C(F)F)CCCC1. The molecule has 0 bridgehead atoms. The third-order valence-corrected chi connectivity index (χ3v) is 4.97. The van der Waals surface area contributed by atoms with Crippen molar-refractivity contribution < 1.29 is 13.6 Å². The van der Waals surface area contributed by atoms with E-state index in [2.05, 4.69) is 24.3 Å². The van der Waals surface area contributed by atoms with Crippen molar-refractivity contribution in [3.05, 3.63) is 17.0 Å². The van der Waals surface area contributed by atoms with Gasteiger partial charge in [-0.25, -0.2) is 8.78 Å². The second-order valence-electron chi connectivity index (χ2n) is 7.44. The zero-order valence-electron chi connectivity index (χ0n) is 15.2. The lowest BCUT2D eigenvalue weighted by Gasteiger charge is -2.29. The summed E-state index contributed by atoms with van der Waals surface area (Å²) < 4.78 is 28.7. The first-order valence-electron chi connectivity index (χ1n) is 8.87. The predicted octanol–water partition coefficient (Wildman–Crippen LogP) is 3.78. The van der Waals surface area contributed by atoms with Gasteiger partial charge in [-0.2, -0.15) is 5.10 Å². The number of carbonyl (C=O) groups excluding carboxylic acids is 1. The van der Waals surface area contributed by atoms with Crippen LogP contribution in [-0.4, -0.2) is 27.7 Å². The molecule has 136 valence electrons. The van der Waals surface area contributed by atoms with Gasteiger partial charge in [0.1, 0.15) is 5.54 Å². The van der Waals surface area contributed by atoms with E-state index in [0.717, 1.165) is 36.3 Å². The number of hydrogen-bond acceptors (Lipinski definition) is 2. The second kappa shape index (κ2) is 7.62. The summed E-state index contributed by atoms with van der Waals surface area (Å²) in [6, 6.07) is 0. The number of amides is 1. The zero-order chi connectivity index (χ0) is 17.9. The van der Waals surface area contributed by atoms with Gasteiger partial charge in [-0.3, -0.25) is 9.48 Å². The molecule has 1 saturated carbocycles. The van der Waals surface area contributed by atoms with Crippen molar-refractivity contribution in [3.8, 4) is 0 Å². The maximum absolute atomic E-state index is 13.3. The number of alkyl halides is 2. The van der Waals surface area contributed by atoms with Crippen LogP contribution < -0.4 is 5.32 Å². The smallest absolute Gasteiger partial charge is 0.261 e. The maximum atomic E-state index is 13.3. The minimum Gasteiger partial charge on any atom is -0.345 e. The Balaban J connectivity index is 1.98. The summed E-state index contributed by atoms with van der Waals surface area (Å²) in [6.07, 6.45) is 0.531. The van der Waals surface area contributed by atoms with Crippen molar-refractivity contribution in [2.45, 2.75) is 84.7 Å². The molecule has 0 aromatic carbocycles. The Kier molecular flexibility index (Phi) is 5.99. The number of halogens is 2. The van der Waals surface area contributed by atoms with Gasteiger partial charge < -0.3 is 5.32 Å². The van der Waals surface area contributed by atoms with Crippen molar-refractivity contribution >= 4 is 5.91 Å². The van der Waals surface area contributed by atoms with E-state index in [1.165, 1.54) is 0 Å². The summed E-state index contributed by atoms with van der Waals surface area (Å²) in [7, 11) is 0. The normalized spacial score (nSPS) is 17.0. The molecule has 1 aromatic heterocycles. The van der Waals surface area contributed by atoms with E-state index in [1.807, 2.05) is 18.5 Å². The third kappa shape index (κ3) is 4.14. The zero-order valence-corrected chi connectivity index (χ0v) is 15.2. The summed E-state index contributed by atoms with van der Waals surface area (Å²) in [5.41, 5.74) is 1.75. The van der Waals surface area contributed by atoms with Gasteiger partial charge in [-0.15, -0.1) is 0 Å². The molecule has 1 aliphatic rings. The quantitative estimate of drug-likeness (QED) is 0.820. The average molecular weight is 341 g/mol. The molecular formula is C18H29F2N3O. The summed E-state index contributed by atoms with van der Waals surface area (Å²) in [5, 5.41) is 7.16. The summed E-state index contributed by atoms with van der Waals surface area (Å²) >= 11 is 0. The van der Waals surface area contributed by atoms with Gasteiger partial charge in [0.25, 0.3) is 6.43 Å². The number of aryl methyl sites for hydroxylation is 1. The van der Waals surface area contributed by atoms with Gasteiger partial charge >= 0.3 is 0 Å². The van der Waals surface area contributed by atoms with Crippen LogP contribution in [0, 0.1) is 19.8 Å². The van der Waals surface area contributed by atoms with Crippen LogP contribution in [0.3, 0.4) is 0 Å². The van der Waals surface area contributed by atoms with Crippen molar-refractivity contribution in [1.29, 1.82) is 0 Å². The minimum atomic E-state index is -2.50. The Labute approximate surface area is 143 Å². The number of carbonyl (C=O) groups is 1. The average Bonchev–Trinajstić information content (AvgIpc) is 3.04. The lowest BCUT2D eigenvalue weighted by molar-refractivity contribution is -0.125. The lowest BCUT2D eigenvalue weighted by Crippen LogP contribution is -2.51. The highest BCUT2D eigenvalue weighted by molar-refractivity contribution is 5.77. The molecule has 6 heteroatoms. The highest BCUT2D eigenvalue weighted by Crippen LogP contribution is 2.35. The molecule has 1 N–H and O–H groups in total. The fourth-order valence-electron chi connectivity index (χ4n) is 3.60. The van der Waals surface area contributed by atoms with Crippen LogP contribution in [0.5, 0.6) is 0 Å². The monoisotopic (exact) mass is 341 g/mol. The number of rotatable bonds is 7. The van der Waals surface area contributed by atoms with E-state index in [1.54, 1.807) is 0 Å². The first-order chi connectivity index (χ1) is 11.2. The van der Waals surface area contributed by atoms with Gasteiger partial charge in [-0.05, 0) is 44.6 Å². The summed E-state index contributed by atoms with van der Waals surface area (Å²) in [6.45, 7) is 9.05. The molecule has 24 heavy (non-hydrogen) atoms. The fourth-order valence-corrected chi connectivity index (χ4v) is 3.60.